The Kier molecular flexibility index (Phi) is 7.04. The first kappa shape index (κ1) is 21.0. The summed E-state index contributed by atoms with van der Waals surface area (Å²) in [6.45, 7) is 5.85. The molecule has 2 heterocycles. The normalized spacial score (nSPS) is 18.6. The molecule has 1 fully saturated rings. The van der Waals surface area contributed by atoms with Crippen LogP contribution < -0.4 is 15.4 Å². The first-order chi connectivity index (χ1) is 14.0. The number of methoxy groups -OCH3 is 1. The molecule has 2 unspecified atom stereocenters. The number of likely N-dealkylation sites (tertiary alicyclic amines) is 1. The molecule has 1 aliphatic rings. The van der Waals surface area contributed by atoms with E-state index in [4.69, 9.17) is 17.0 Å². The monoisotopic (exact) mass is 412 g/mol. The number of rotatable bonds is 6. The lowest BCUT2D eigenvalue weighted by Gasteiger charge is -2.22. The topological polar surface area (TPSA) is 66.5 Å². The average Bonchev–Trinajstić information content (AvgIpc) is 3.18. The number of hydrogen-bond acceptors (Lipinski definition) is 4. The highest BCUT2D eigenvalue weighted by atomic mass is 32.1. The fourth-order valence-corrected chi connectivity index (χ4v) is 3.99. The Morgan fingerprint density at radius 3 is 2.83 bits per heavy atom. The molecule has 0 saturated carbocycles. The lowest BCUT2D eigenvalue weighted by atomic mass is 9.88. The maximum absolute atomic E-state index is 13.1. The van der Waals surface area contributed by atoms with E-state index in [1.807, 2.05) is 30.3 Å². The number of amides is 1. The third-order valence-corrected chi connectivity index (χ3v) is 5.44. The molecule has 7 heteroatoms. The Morgan fingerprint density at radius 2 is 2.14 bits per heavy atom. The number of aromatic nitrogens is 1. The van der Waals surface area contributed by atoms with Gasteiger partial charge in [0.2, 0.25) is 5.91 Å². The summed E-state index contributed by atoms with van der Waals surface area (Å²) < 4.78 is 5.38. The molecule has 1 amide bonds. The molecular formula is C22H28N4O2S. The number of ether oxygens (including phenoxy) is 1. The third-order valence-electron chi connectivity index (χ3n) is 5.07. The second kappa shape index (κ2) is 9.69. The Morgan fingerprint density at radius 1 is 1.31 bits per heavy atom. The number of nitrogens with one attached hydrogen (secondary N) is 2. The summed E-state index contributed by atoms with van der Waals surface area (Å²) in [7, 11) is 1.65. The molecule has 1 aromatic carbocycles. The van der Waals surface area contributed by atoms with Gasteiger partial charge in [-0.2, -0.15) is 0 Å². The molecular weight excluding hydrogens is 384 g/mol. The zero-order chi connectivity index (χ0) is 20.8. The average molecular weight is 413 g/mol. The van der Waals surface area contributed by atoms with E-state index in [1.54, 1.807) is 19.5 Å². The standard InChI is InChI=1S/C22H28N4O2S/c1-15(2)25-22(29)26-13-19(17-7-4-8-18(10-17)28-3)20(14-26)21(27)24-12-16-6-5-9-23-11-16/h4-11,15,19-20H,12-14H2,1-3H3,(H,24,27)(H,25,29). The lowest BCUT2D eigenvalue weighted by molar-refractivity contribution is -0.125. The largest absolute Gasteiger partial charge is 0.497 e. The predicted octanol–water partition coefficient (Wildman–Crippen LogP) is 2.70. The van der Waals surface area contributed by atoms with Crippen LogP contribution in [0.15, 0.2) is 48.8 Å². The predicted molar refractivity (Wildman–Crippen MR) is 118 cm³/mol. The van der Waals surface area contributed by atoms with Gasteiger partial charge in [0.1, 0.15) is 5.75 Å². The van der Waals surface area contributed by atoms with Gasteiger partial charge in [-0.05, 0) is 55.4 Å². The van der Waals surface area contributed by atoms with Gasteiger partial charge in [0, 0.05) is 44.0 Å². The number of carbonyl (C=O) groups excluding carboxylic acids is 1. The van der Waals surface area contributed by atoms with Crippen molar-refractivity contribution in [1.82, 2.24) is 20.5 Å². The number of pyridine rings is 1. The molecule has 0 spiro atoms. The Balaban J connectivity index is 1.77. The van der Waals surface area contributed by atoms with E-state index >= 15 is 0 Å². The zero-order valence-electron chi connectivity index (χ0n) is 17.1. The fourth-order valence-electron chi connectivity index (χ4n) is 3.61. The summed E-state index contributed by atoms with van der Waals surface area (Å²) >= 11 is 5.57. The highest BCUT2D eigenvalue weighted by Gasteiger charge is 2.39. The summed E-state index contributed by atoms with van der Waals surface area (Å²) in [5.74, 6) is 0.645. The molecule has 1 aliphatic heterocycles. The SMILES string of the molecule is COc1cccc(C2CN(C(=S)NC(C)C)CC2C(=O)NCc2cccnc2)c1. The van der Waals surface area contributed by atoms with Gasteiger partial charge in [-0.1, -0.05) is 18.2 Å². The Bertz CT molecular complexity index is 844. The van der Waals surface area contributed by atoms with Crippen LogP contribution in [0.4, 0.5) is 0 Å². The Labute approximate surface area is 177 Å². The molecule has 0 radical (unpaired) electrons. The van der Waals surface area contributed by atoms with Gasteiger partial charge in [-0.15, -0.1) is 0 Å². The summed E-state index contributed by atoms with van der Waals surface area (Å²) in [5, 5.41) is 7.05. The number of carbonyl (C=O) groups is 1. The smallest absolute Gasteiger partial charge is 0.225 e. The minimum Gasteiger partial charge on any atom is -0.497 e. The first-order valence-electron chi connectivity index (χ1n) is 9.84. The maximum atomic E-state index is 13.1. The van der Waals surface area contributed by atoms with Crippen LogP contribution in [0.1, 0.15) is 30.9 Å². The molecule has 0 bridgehead atoms. The first-order valence-corrected chi connectivity index (χ1v) is 10.2. The van der Waals surface area contributed by atoms with Gasteiger partial charge < -0.3 is 20.3 Å². The van der Waals surface area contributed by atoms with E-state index in [9.17, 15) is 4.79 Å². The summed E-state index contributed by atoms with van der Waals surface area (Å²) in [4.78, 5) is 19.3. The molecule has 1 aromatic heterocycles. The second-order valence-electron chi connectivity index (χ2n) is 7.58. The van der Waals surface area contributed by atoms with E-state index in [0.29, 0.717) is 24.7 Å². The molecule has 3 rings (SSSR count). The number of thiocarbonyl (C=S) groups is 1. The molecule has 6 nitrogen and oxygen atoms in total. The summed E-state index contributed by atoms with van der Waals surface area (Å²) in [6.07, 6.45) is 3.49. The van der Waals surface area contributed by atoms with E-state index < -0.39 is 0 Å². The van der Waals surface area contributed by atoms with Gasteiger partial charge in [-0.3, -0.25) is 9.78 Å². The zero-order valence-corrected chi connectivity index (χ0v) is 17.9. The second-order valence-corrected chi connectivity index (χ2v) is 7.96. The van der Waals surface area contributed by atoms with Crippen LogP contribution in [-0.2, 0) is 11.3 Å². The highest BCUT2D eigenvalue weighted by Crippen LogP contribution is 2.34. The molecule has 0 aliphatic carbocycles. The van der Waals surface area contributed by atoms with Crippen molar-refractivity contribution in [3.8, 4) is 5.75 Å². The quantitative estimate of drug-likeness (QED) is 0.711. The van der Waals surface area contributed by atoms with Crippen LogP contribution in [0, 0.1) is 5.92 Å². The van der Waals surface area contributed by atoms with Crippen molar-refractivity contribution in [3.05, 3.63) is 59.9 Å². The van der Waals surface area contributed by atoms with Gasteiger partial charge in [0.05, 0.1) is 13.0 Å². The van der Waals surface area contributed by atoms with Gasteiger partial charge in [-0.25, -0.2) is 0 Å². The summed E-state index contributed by atoms with van der Waals surface area (Å²) in [6, 6.07) is 12.0. The highest BCUT2D eigenvalue weighted by molar-refractivity contribution is 7.80. The van der Waals surface area contributed by atoms with E-state index in [1.165, 1.54) is 0 Å². The van der Waals surface area contributed by atoms with Crippen molar-refractivity contribution in [3.63, 3.8) is 0 Å². The van der Waals surface area contributed by atoms with Crippen molar-refractivity contribution in [1.29, 1.82) is 0 Å². The van der Waals surface area contributed by atoms with E-state index in [2.05, 4.69) is 40.4 Å². The van der Waals surface area contributed by atoms with Gasteiger partial charge in [0.15, 0.2) is 5.11 Å². The fraction of sp³-hybridized carbons (Fsp3) is 0.409. The molecule has 1 saturated heterocycles. The van der Waals surface area contributed by atoms with Crippen molar-refractivity contribution in [2.45, 2.75) is 32.4 Å². The third kappa shape index (κ3) is 5.44. The van der Waals surface area contributed by atoms with E-state index in [-0.39, 0.29) is 23.8 Å². The minimum absolute atomic E-state index is 0.0246. The molecule has 154 valence electrons. The molecule has 29 heavy (non-hydrogen) atoms. The maximum Gasteiger partial charge on any atom is 0.225 e. The molecule has 2 atom stereocenters. The van der Waals surface area contributed by atoms with Crippen molar-refractivity contribution < 1.29 is 9.53 Å². The van der Waals surface area contributed by atoms with Crippen molar-refractivity contribution in [2.75, 3.05) is 20.2 Å². The molecule has 2 aromatic rings. The number of hydrogen-bond donors (Lipinski definition) is 2. The van der Waals surface area contributed by atoms with Crippen LogP contribution in [0.2, 0.25) is 0 Å². The van der Waals surface area contributed by atoms with Crippen molar-refractivity contribution in [2.24, 2.45) is 5.92 Å². The van der Waals surface area contributed by atoms with Gasteiger partial charge >= 0.3 is 0 Å². The van der Waals surface area contributed by atoms with Crippen molar-refractivity contribution >= 4 is 23.2 Å². The molecule has 2 N–H and O–H groups in total. The minimum atomic E-state index is -0.203. The van der Waals surface area contributed by atoms with Crippen LogP contribution in [0.3, 0.4) is 0 Å². The Hall–Kier alpha value is -2.67. The lowest BCUT2D eigenvalue weighted by Crippen LogP contribution is -2.42. The number of nitrogens with zero attached hydrogens (tertiary/aromatic N) is 2. The van der Waals surface area contributed by atoms with Crippen LogP contribution >= 0.6 is 12.2 Å². The van der Waals surface area contributed by atoms with E-state index in [0.717, 1.165) is 16.9 Å². The summed E-state index contributed by atoms with van der Waals surface area (Å²) in [5.41, 5.74) is 2.06. The number of benzene rings is 1. The van der Waals surface area contributed by atoms with Crippen LogP contribution in [0.25, 0.3) is 0 Å². The van der Waals surface area contributed by atoms with Crippen LogP contribution in [0.5, 0.6) is 5.75 Å². The van der Waals surface area contributed by atoms with Gasteiger partial charge in [0.25, 0.3) is 0 Å². The van der Waals surface area contributed by atoms with Crippen LogP contribution in [-0.4, -0.2) is 47.1 Å².